The van der Waals surface area contributed by atoms with Crippen LogP contribution in [0.25, 0.3) is 0 Å². The van der Waals surface area contributed by atoms with Gasteiger partial charge in [0.15, 0.2) is 0 Å². The van der Waals surface area contributed by atoms with Crippen LogP contribution in [0.2, 0.25) is 0 Å². The van der Waals surface area contributed by atoms with Crippen LogP contribution in [0.1, 0.15) is 32.4 Å². The molecule has 0 aliphatic heterocycles. The molecule has 2 unspecified atom stereocenters. The van der Waals surface area contributed by atoms with Crippen molar-refractivity contribution in [2.45, 2.75) is 32.9 Å². The minimum Gasteiger partial charge on any atom is -0.508 e. The van der Waals surface area contributed by atoms with E-state index >= 15 is 0 Å². The van der Waals surface area contributed by atoms with Crippen LogP contribution in [0.4, 0.5) is 0 Å². The lowest BCUT2D eigenvalue weighted by Gasteiger charge is -2.19. The Kier molecular flexibility index (Phi) is 4.97. The standard InChI is InChI=1S/C13H20N2O2/c1-4-14-13(17)10(3)15-9(2)11-5-7-12(16)8-6-11/h5-10,15-16H,4H2,1-3H3,(H,14,17). The van der Waals surface area contributed by atoms with Gasteiger partial charge in [0, 0.05) is 12.6 Å². The topological polar surface area (TPSA) is 61.4 Å². The van der Waals surface area contributed by atoms with Crippen molar-refractivity contribution in [3.05, 3.63) is 29.8 Å². The molecule has 3 N–H and O–H groups in total. The summed E-state index contributed by atoms with van der Waals surface area (Å²) < 4.78 is 0. The highest BCUT2D eigenvalue weighted by Gasteiger charge is 2.15. The average Bonchev–Trinajstić information content (AvgIpc) is 2.30. The number of carbonyl (C=O) groups is 1. The van der Waals surface area contributed by atoms with Crippen molar-refractivity contribution in [2.75, 3.05) is 6.54 Å². The molecule has 1 aromatic carbocycles. The van der Waals surface area contributed by atoms with Crippen molar-refractivity contribution in [2.24, 2.45) is 0 Å². The summed E-state index contributed by atoms with van der Waals surface area (Å²) in [5.74, 6) is 0.246. The van der Waals surface area contributed by atoms with Crippen LogP contribution in [0.15, 0.2) is 24.3 Å². The molecule has 1 aromatic rings. The maximum atomic E-state index is 11.6. The molecule has 1 amide bonds. The molecule has 0 saturated carbocycles. The third-order valence-electron chi connectivity index (χ3n) is 2.64. The van der Waals surface area contributed by atoms with E-state index < -0.39 is 0 Å². The van der Waals surface area contributed by atoms with Crippen molar-refractivity contribution >= 4 is 5.91 Å². The number of likely N-dealkylation sites (N-methyl/N-ethyl adjacent to an activating group) is 1. The van der Waals surface area contributed by atoms with Crippen molar-refractivity contribution in [1.29, 1.82) is 0 Å². The van der Waals surface area contributed by atoms with Gasteiger partial charge in [0.25, 0.3) is 0 Å². The SMILES string of the molecule is CCNC(=O)C(C)NC(C)c1ccc(O)cc1. The van der Waals surface area contributed by atoms with Crippen molar-refractivity contribution in [3.8, 4) is 5.75 Å². The first kappa shape index (κ1) is 13.5. The number of hydrogen-bond acceptors (Lipinski definition) is 3. The Morgan fingerprint density at radius 3 is 2.41 bits per heavy atom. The van der Waals surface area contributed by atoms with Gasteiger partial charge in [0.1, 0.15) is 5.75 Å². The normalized spacial score (nSPS) is 14.1. The van der Waals surface area contributed by atoms with Gasteiger partial charge in [-0.05, 0) is 38.5 Å². The van der Waals surface area contributed by atoms with Crippen LogP contribution in [0.3, 0.4) is 0 Å². The van der Waals surface area contributed by atoms with E-state index in [-0.39, 0.29) is 23.7 Å². The predicted octanol–water partition coefficient (Wildman–Crippen LogP) is 1.57. The van der Waals surface area contributed by atoms with Gasteiger partial charge >= 0.3 is 0 Å². The Balaban J connectivity index is 2.56. The number of phenolic OH excluding ortho intramolecular Hbond substituents is 1. The average molecular weight is 236 g/mol. The smallest absolute Gasteiger partial charge is 0.236 e. The number of rotatable bonds is 5. The van der Waals surface area contributed by atoms with E-state index in [1.807, 2.05) is 32.9 Å². The van der Waals surface area contributed by atoms with Crippen LogP contribution < -0.4 is 10.6 Å². The first-order valence-electron chi connectivity index (χ1n) is 5.87. The largest absolute Gasteiger partial charge is 0.508 e. The Morgan fingerprint density at radius 1 is 1.29 bits per heavy atom. The van der Waals surface area contributed by atoms with Gasteiger partial charge in [-0.1, -0.05) is 12.1 Å². The summed E-state index contributed by atoms with van der Waals surface area (Å²) in [6.07, 6.45) is 0. The maximum Gasteiger partial charge on any atom is 0.236 e. The van der Waals surface area contributed by atoms with E-state index in [1.165, 1.54) is 0 Å². The second-order valence-corrected chi connectivity index (χ2v) is 4.10. The summed E-state index contributed by atoms with van der Waals surface area (Å²) in [5.41, 5.74) is 1.04. The van der Waals surface area contributed by atoms with E-state index in [0.29, 0.717) is 6.54 Å². The molecule has 0 aromatic heterocycles. The maximum absolute atomic E-state index is 11.6. The first-order chi connectivity index (χ1) is 8.04. The fraction of sp³-hybridized carbons (Fsp3) is 0.462. The monoisotopic (exact) mass is 236 g/mol. The van der Waals surface area contributed by atoms with Gasteiger partial charge in [-0.15, -0.1) is 0 Å². The zero-order chi connectivity index (χ0) is 12.8. The molecule has 2 atom stereocenters. The molecular formula is C13H20N2O2. The molecule has 0 radical (unpaired) electrons. The fourth-order valence-corrected chi connectivity index (χ4v) is 1.64. The summed E-state index contributed by atoms with van der Waals surface area (Å²) in [7, 11) is 0. The number of phenols is 1. The predicted molar refractivity (Wildman–Crippen MR) is 67.8 cm³/mol. The highest BCUT2D eigenvalue weighted by atomic mass is 16.3. The second kappa shape index (κ2) is 6.25. The van der Waals surface area contributed by atoms with Crippen molar-refractivity contribution in [3.63, 3.8) is 0 Å². The van der Waals surface area contributed by atoms with Gasteiger partial charge in [-0.2, -0.15) is 0 Å². The van der Waals surface area contributed by atoms with Crippen LogP contribution in [-0.2, 0) is 4.79 Å². The van der Waals surface area contributed by atoms with E-state index in [4.69, 9.17) is 0 Å². The number of hydrogen-bond donors (Lipinski definition) is 3. The summed E-state index contributed by atoms with van der Waals surface area (Å²) >= 11 is 0. The fourth-order valence-electron chi connectivity index (χ4n) is 1.64. The molecule has 0 bridgehead atoms. The minimum atomic E-state index is -0.237. The van der Waals surface area contributed by atoms with Crippen molar-refractivity contribution < 1.29 is 9.90 Å². The highest BCUT2D eigenvalue weighted by Crippen LogP contribution is 2.16. The summed E-state index contributed by atoms with van der Waals surface area (Å²) in [6, 6.07) is 6.80. The molecule has 1 rings (SSSR count). The van der Waals surface area contributed by atoms with E-state index in [2.05, 4.69) is 10.6 Å². The summed E-state index contributed by atoms with van der Waals surface area (Å²) in [4.78, 5) is 11.6. The number of benzene rings is 1. The Hall–Kier alpha value is -1.55. The lowest BCUT2D eigenvalue weighted by molar-refractivity contribution is -0.122. The number of aromatic hydroxyl groups is 1. The molecule has 0 aliphatic rings. The van der Waals surface area contributed by atoms with Crippen molar-refractivity contribution in [1.82, 2.24) is 10.6 Å². The molecule has 17 heavy (non-hydrogen) atoms. The molecule has 94 valence electrons. The third-order valence-corrected chi connectivity index (χ3v) is 2.64. The van der Waals surface area contributed by atoms with E-state index in [1.54, 1.807) is 12.1 Å². The highest BCUT2D eigenvalue weighted by molar-refractivity contribution is 5.81. The lowest BCUT2D eigenvalue weighted by atomic mass is 10.1. The van der Waals surface area contributed by atoms with Gasteiger partial charge in [-0.25, -0.2) is 0 Å². The molecule has 4 heteroatoms. The lowest BCUT2D eigenvalue weighted by Crippen LogP contribution is -2.42. The molecule has 0 saturated heterocycles. The molecule has 0 aliphatic carbocycles. The molecule has 0 spiro atoms. The molecule has 0 heterocycles. The molecule has 0 fully saturated rings. The quantitative estimate of drug-likeness (QED) is 0.727. The first-order valence-corrected chi connectivity index (χ1v) is 5.87. The summed E-state index contributed by atoms with van der Waals surface area (Å²) in [5, 5.41) is 15.2. The molecular weight excluding hydrogens is 216 g/mol. The number of carbonyl (C=O) groups excluding carboxylic acids is 1. The van der Waals surface area contributed by atoms with Gasteiger partial charge < -0.3 is 10.4 Å². The molecule has 4 nitrogen and oxygen atoms in total. The Labute approximate surface area is 102 Å². The number of nitrogens with one attached hydrogen (secondary N) is 2. The zero-order valence-corrected chi connectivity index (χ0v) is 10.5. The third kappa shape index (κ3) is 4.07. The summed E-state index contributed by atoms with van der Waals surface area (Å²) in [6.45, 7) is 6.36. The zero-order valence-electron chi connectivity index (χ0n) is 10.5. The van der Waals surface area contributed by atoms with Crippen LogP contribution >= 0.6 is 0 Å². The number of amides is 1. The van der Waals surface area contributed by atoms with Crippen LogP contribution in [0.5, 0.6) is 5.75 Å². The minimum absolute atomic E-state index is 0.00173. The Bertz CT molecular complexity index is 362. The Morgan fingerprint density at radius 2 is 1.88 bits per heavy atom. The van der Waals surface area contributed by atoms with Crippen LogP contribution in [0, 0.1) is 0 Å². The van der Waals surface area contributed by atoms with Gasteiger partial charge in [-0.3, -0.25) is 10.1 Å². The van der Waals surface area contributed by atoms with E-state index in [0.717, 1.165) is 5.56 Å². The van der Waals surface area contributed by atoms with Gasteiger partial charge in [0.2, 0.25) is 5.91 Å². The van der Waals surface area contributed by atoms with Crippen LogP contribution in [-0.4, -0.2) is 23.6 Å². The second-order valence-electron chi connectivity index (χ2n) is 4.10. The van der Waals surface area contributed by atoms with E-state index in [9.17, 15) is 9.90 Å². The van der Waals surface area contributed by atoms with Gasteiger partial charge in [0.05, 0.1) is 6.04 Å².